The molecule has 0 aliphatic carbocycles. The molecule has 2 aromatic carbocycles. The zero-order valence-electron chi connectivity index (χ0n) is 11.8. The van der Waals surface area contributed by atoms with Crippen LogP contribution in [-0.2, 0) is 17.8 Å². The minimum absolute atomic E-state index is 0.00613. The lowest BCUT2D eigenvalue weighted by Gasteiger charge is -2.07. The summed E-state index contributed by atoms with van der Waals surface area (Å²) in [6.45, 7) is 2.58. The van der Waals surface area contributed by atoms with Crippen LogP contribution in [-0.4, -0.2) is 5.91 Å². The van der Waals surface area contributed by atoms with Gasteiger partial charge in [-0.15, -0.1) is 0 Å². The minimum atomic E-state index is 0.00613. The van der Waals surface area contributed by atoms with Gasteiger partial charge in [0, 0.05) is 13.0 Å². The summed E-state index contributed by atoms with van der Waals surface area (Å²) in [7, 11) is 0. The van der Waals surface area contributed by atoms with Crippen LogP contribution in [0.2, 0.25) is 10.0 Å². The van der Waals surface area contributed by atoms with Crippen molar-refractivity contribution in [2.75, 3.05) is 0 Å². The Hall–Kier alpha value is -1.51. The molecule has 1 amide bonds. The van der Waals surface area contributed by atoms with E-state index in [4.69, 9.17) is 23.2 Å². The maximum atomic E-state index is 11.9. The van der Waals surface area contributed by atoms with E-state index in [0.717, 1.165) is 11.1 Å². The predicted molar refractivity (Wildman–Crippen MR) is 87.8 cm³/mol. The van der Waals surface area contributed by atoms with Crippen molar-refractivity contribution in [2.45, 2.75) is 26.3 Å². The van der Waals surface area contributed by atoms with E-state index in [0.29, 0.717) is 29.4 Å². The summed E-state index contributed by atoms with van der Waals surface area (Å²) >= 11 is 12.1. The van der Waals surface area contributed by atoms with Crippen LogP contribution in [0.25, 0.3) is 0 Å². The van der Waals surface area contributed by atoms with Crippen molar-refractivity contribution in [3.05, 3.63) is 69.2 Å². The molecule has 0 radical (unpaired) electrons. The van der Waals surface area contributed by atoms with Gasteiger partial charge in [0.05, 0.1) is 10.0 Å². The number of amides is 1. The largest absolute Gasteiger partial charge is 0.352 e. The molecule has 0 fully saturated rings. The summed E-state index contributed by atoms with van der Waals surface area (Å²) in [5, 5.41) is 3.96. The van der Waals surface area contributed by atoms with Crippen LogP contribution in [0.4, 0.5) is 0 Å². The van der Waals surface area contributed by atoms with Crippen molar-refractivity contribution in [1.82, 2.24) is 5.32 Å². The van der Waals surface area contributed by atoms with Gasteiger partial charge in [0.1, 0.15) is 0 Å². The molecule has 4 heteroatoms. The van der Waals surface area contributed by atoms with Gasteiger partial charge >= 0.3 is 0 Å². The Balaban J connectivity index is 1.82. The molecular weight excluding hydrogens is 305 g/mol. The third-order valence-electron chi connectivity index (χ3n) is 3.26. The van der Waals surface area contributed by atoms with Crippen LogP contribution in [0, 0.1) is 6.92 Å². The Morgan fingerprint density at radius 3 is 2.52 bits per heavy atom. The van der Waals surface area contributed by atoms with E-state index in [1.165, 1.54) is 5.56 Å². The first-order chi connectivity index (χ1) is 10.1. The molecule has 1 N–H and O–H groups in total. The zero-order valence-corrected chi connectivity index (χ0v) is 13.3. The highest BCUT2D eigenvalue weighted by Crippen LogP contribution is 2.26. The second-order valence-corrected chi connectivity index (χ2v) is 5.76. The summed E-state index contributed by atoms with van der Waals surface area (Å²) in [6, 6.07) is 13.6. The molecule has 2 nitrogen and oxygen atoms in total. The molecule has 2 aromatic rings. The van der Waals surface area contributed by atoms with Gasteiger partial charge in [-0.1, -0.05) is 65.2 Å². The number of nitrogens with one attached hydrogen (secondary N) is 1. The quantitative estimate of drug-likeness (QED) is 0.859. The fourth-order valence-electron chi connectivity index (χ4n) is 1.98. The highest BCUT2D eigenvalue weighted by molar-refractivity contribution is 6.42. The van der Waals surface area contributed by atoms with Gasteiger partial charge in [-0.05, 0) is 30.5 Å². The van der Waals surface area contributed by atoms with Gasteiger partial charge in [-0.3, -0.25) is 4.79 Å². The molecule has 0 saturated carbocycles. The van der Waals surface area contributed by atoms with Crippen LogP contribution in [0.3, 0.4) is 0 Å². The van der Waals surface area contributed by atoms with Crippen molar-refractivity contribution in [1.29, 1.82) is 0 Å². The second-order valence-electron chi connectivity index (χ2n) is 4.98. The number of rotatable bonds is 5. The van der Waals surface area contributed by atoms with Crippen molar-refractivity contribution < 1.29 is 4.79 Å². The molecule has 0 saturated heterocycles. The van der Waals surface area contributed by atoms with E-state index in [9.17, 15) is 4.79 Å². The predicted octanol–water partition coefficient (Wildman–Crippen LogP) is 4.55. The normalized spacial score (nSPS) is 10.4. The van der Waals surface area contributed by atoms with E-state index in [-0.39, 0.29) is 5.91 Å². The number of carbonyl (C=O) groups is 1. The minimum Gasteiger partial charge on any atom is -0.352 e. The number of aryl methyl sites for hydroxylation is 2. The van der Waals surface area contributed by atoms with Crippen molar-refractivity contribution in [2.24, 2.45) is 0 Å². The summed E-state index contributed by atoms with van der Waals surface area (Å²) < 4.78 is 0. The second kappa shape index (κ2) is 7.48. The first-order valence-electron chi connectivity index (χ1n) is 6.81. The highest BCUT2D eigenvalue weighted by Gasteiger charge is 2.07. The van der Waals surface area contributed by atoms with Gasteiger partial charge < -0.3 is 5.32 Å². The average Bonchev–Trinajstić information content (AvgIpc) is 2.48. The van der Waals surface area contributed by atoms with E-state index in [2.05, 4.69) is 5.32 Å². The van der Waals surface area contributed by atoms with E-state index < -0.39 is 0 Å². The van der Waals surface area contributed by atoms with Gasteiger partial charge in [-0.25, -0.2) is 0 Å². The Bertz CT molecular complexity index is 623. The summed E-state index contributed by atoms with van der Waals surface area (Å²) in [6.07, 6.45) is 0.977. The van der Waals surface area contributed by atoms with Crippen LogP contribution < -0.4 is 5.32 Å². The number of halogens is 2. The van der Waals surface area contributed by atoms with Gasteiger partial charge in [0.2, 0.25) is 5.91 Å². The molecule has 0 aromatic heterocycles. The molecular formula is C17H17Cl2NO. The first kappa shape index (κ1) is 15.9. The lowest BCUT2D eigenvalue weighted by atomic mass is 10.1. The van der Waals surface area contributed by atoms with Gasteiger partial charge in [0.25, 0.3) is 0 Å². The standard InChI is InChI=1S/C17H17Cl2NO/c1-12-5-7-13(8-6-12)11-20-16(21)10-9-14-3-2-4-15(18)17(14)19/h2-8H,9-11H2,1H3,(H,20,21). The smallest absolute Gasteiger partial charge is 0.220 e. The number of hydrogen-bond acceptors (Lipinski definition) is 1. The third-order valence-corrected chi connectivity index (χ3v) is 4.12. The highest BCUT2D eigenvalue weighted by atomic mass is 35.5. The third kappa shape index (κ3) is 4.76. The first-order valence-corrected chi connectivity index (χ1v) is 7.57. The number of benzene rings is 2. The van der Waals surface area contributed by atoms with E-state index in [1.54, 1.807) is 6.07 Å². The molecule has 0 heterocycles. The molecule has 21 heavy (non-hydrogen) atoms. The monoisotopic (exact) mass is 321 g/mol. The molecule has 0 spiro atoms. The number of carbonyl (C=O) groups excluding carboxylic acids is 1. The van der Waals surface area contributed by atoms with Crippen LogP contribution in [0.1, 0.15) is 23.1 Å². The van der Waals surface area contributed by atoms with Crippen molar-refractivity contribution in [3.63, 3.8) is 0 Å². The maximum Gasteiger partial charge on any atom is 0.220 e. The number of hydrogen-bond donors (Lipinski definition) is 1. The zero-order chi connectivity index (χ0) is 15.2. The Morgan fingerprint density at radius 1 is 1.10 bits per heavy atom. The fourth-order valence-corrected chi connectivity index (χ4v) is 2.40. The summed E-state index contributed by atoms with van der Waals surface area (Å²) in [5.74, 6) is 0.00613. The van der Waals surface area contributed by atoms with Crippen LogP contribution in [0.15, 0.2) is 42.5 Å². The summed E-state index contributed by atoms with van der Waals surface area (Å²) in [5.41, 5.74) is 3.20. The van der Waals surface area contributed by atoms with Gasteiger partial charge in [-0.2, -0.15) is 0 Å². The van der Waals surface area contributed by atoms with Crippen LogP contribution in [0.5, 0.6) is 0 Å². The summed E-state index contributed by atoms with van der Waals surface area (Å²) in [4.78, 5) is 11.9. The molecule has 0 atom stereocenters. The van der Waals surface area contributed by atoms with Crippen molar-refractivity contribution >= 4 is 29.1 Å². The average molecular weight is 322 g/mol. The lowest BCUT2D eigenvalue weighted by Crippen LogP contribution is -2.23. The Morgan fingerprint density at radius 2 is 1.81 bits per heavy atom. The maximum absolute atomic E-state index is 11.9. The van der Waals surface area contributed by atoms with Crippen molar-refractivity contribution in [3.8, 4) is 0 Å². The van der Waals surface area contributed by atoms with E-state index >= 15 is 0 Å². The molecule has 0 aliphatic rings. The Labute approximate surface area is 135 Å². The molecule has 0 unspecified atom stereocenters. The molecule has 0 bridgehead atoms. The topological polar surface area (TPSA) is 29.1 Å². The Kier molecular flexibility index (Phi) is 5.66. The van der Waals surface area contributed by atoms with E-state index in [1.807, 2.05) is 43.3 Å². The SMILES string of the molecule is Cc1ccc(CNC(=O)CCc2cccc(Cl)c2Cl)cc1. The van der Waals surface area contributed by atoms with Gasteiger partial charge in [0.15, 0.2) is 0 Å². The van der Waals surface area contributed by atoms with Crippen LogP contribution >= 0.6 is 23.2 Å². The molecule has 110 valence electrons. The molecule has 0 aliphatic heterocycles. The molecule has 2 rings (SSSR count). The fraction of sp³-hybridized carbons (Fsp3) is 0.235. The lowest BCUT2D eigenvalue weighted by molar-refractivity contribution is -0.121.